The molecule has 2 aromatic heterocycles. The topological polar surface area (TPSA) is 72.6 Å². The second-order valence-electron chi connectivity index (χ2n) is 3.00. The first-order valence-corrected chi connectivity index (χ1v) is 5.94. The molecule has 90 valence electrons. The maximum Gasteiger partial charge on any atom is 0.362 e. The monoisotopic (exact) mass is 273 g/mol. The van der Waals surface area contributed by atoms with Gasteiger partial charge in [-0.3, -0.25) is 0 Å². The number of rotatable bonds is 4. The third kappa shape index (κ3) is 2.42. The van der Waals surface area contributed by atoms with Gasteiger partial charge in [-0.15, -0.1) is 11.3 Å². The highest BCUT2D eigenvalue weighted by Crippen LogP contribution is 2.33. The standard InChI is InChI=1S/C10H8ClNO4S/c1-2-15-10-7(9(13)14)12-8(16-10)5-3-4-6(11)17-5/h3-4H,2H2,1H3,(H,13,14). The third-order valence-electron chi connectivity index (χ3n) is 1.86. The van der Waals surface area contributed by atoms with Crippen LogP contribution in [0.2, 0.25) is 4.34 Å². The van der Waals surface area contributed by atoms with Gasteiger partial charge in [-0.25, -0.2) is 4.79 Å². The molecule has 0 saturated heterocycles. The summed E-state index contributed by atoms with van der Waals surface area (Å²) in [6.07, 6.45) is 0. The molecule has 0 radical (unpaired) electrons. The largest absolute Gasteiger partial charge is 0.476 e. The lowest BCUT2D eigenvalue weighted by Gasteiger charge is -1.96. The molecule has 17 heavy (non-hydrogen) atoms. The van der Waals surface area contributed by atoms with Gasteiger partial charge in [-0.2, -0.15) is 4.98 Å². The van der Waals surface area contributed by atoms with Crippen LogP contribution in [0.25, 0.3) is 10.8 Å². The van der Waals surface area contributed by atoms with E-state index in [0.717, 1.165) is 0 Å². The van der Waals surface area contributed by atoms with E-state index in [9.17, 15) is 4.79 Å². The molecule has 0 aliphatic heterocycles. The van der Waals surface area contributed by atoms with Crippen LogP contribution in [0.5, 0.6) is 5.95 Å². The number of hydrogen-bond acceptors (Lipinski definition) is 5. The number of halogens is 1. The lowest BCUT2D eigenvalue weighted by Crippen LogP contribution is -2.01. The molecule has 0 spiro atoms. The third-order valence-corrected chi connectivity index (χ3v) is 3.08. The van der Waals surface area contributed by atoms with Crippen molar-refractivity contribution in [1.82, 2.24) is 4.98 Å². The van der Waals surface area contributed by atoms with Gasteiger partial charge >= 0.3 is 11.9 Å². The van der Waals surface area contributed by atoms with E-state index in [1.807, 2.05) is 0 Å². The van der Waals surface area contributed by atoms with Crippen molar-refractivity contribution in [3.05, 3.63) is 22.2 Å². The van der Waals surface area contributed by atoms with E-state index >= 15 is 0 Å². The summed E-state index contributed by atoms with van der Waals surface area (Å²) in [5.41, 5.74) is -0.230. The Morgan fingerprint density at radius 3 is 2.94 bits per heavy atom. The fourth-order valence-electron chi connectivity index (χ4n) is 1.20. The average Bonchev–Trinajstić information content (AvgIpc) is 2.85. The van der Waals surface area contributed by atoms with Gasteiger partial charge in [-0.05, 0) is 19.1 Å². The summed E-state index contributed by atoms with van der Waals surface area (Å²) < 4.78 is 10.9. The van der Waals surface area contributed by atoms with Gasteiger partial charge in [-0.1, -0.05) is 11.6 Å². The highest BCUT2D eigenvalue weighted by molar-refractivity contribution is 7.19. The predicted molar refractivity (Wildman–Crippen MR) is 63.0 cm³/mol. The molecule has 5 nitrogen and oxygen atoms in total. The molecule has 1 N–H and O–H groups in total. The van der Waals surface area contributed by atoms with Crippen molar-refractivity contribution in [3.63, 3.8) is 0 Å². The number of nitrogens with zero attached hydrogens (tertiary/aromatic N) is 1. The Balaban J connectivity index is 2.43. The van der Waals surface area contributed by atoms with Crippen molar-refractivity contribution in [2.75, 3.05) is 6.61 Å². The van der Waals surface area contributed by atoms with Gasteiger partial charge in [0.05, 0.1) is 15.8 Å². The molecule has 0 aliphatic rings. The molecule has 0 atom stereocenters. The first-order chi connectivity index (χ1) is 8.11. The summed E-state index contributed by atoms with van der Waals surface area (Å²) >= 11 is 7.04. The second kappa shape index (κ2) is 4.77. The maximum atomic E-state index is 10.9. The van der Waals surface area contributed by atoms with Crippen molar-refractivity contribution in [2.45, 2.75) is 6.92 Å². The lowest BCUT2D eigenvalue weighted by atomic mass is 10.4. The molecule has 2 heterocycles. The van der Waals surface area contributed by atoms with Gasteiger partial charge in [0.2, 0.25) is 11.6 Å². The number of hydrogen-bond donors (Lipinski definition) is 1. The zero-order chi connectivity index (χ0) is 12.4. The van der Waals surface area contributed by atoms with Gasteiger partial charge < -0.3 is 14.3 Å². The van der Waals surface area contributed by atoms with Crippen LogP contribution in [0.15, 0.2) is 16.5 Å². The highest BCUT2D eigenvalue weighted by Gasteiger charge is 2.22. The minimum Gasteiger partial charge on any atom is -0.476 e. The number of carboxylic acid groups (broad SMARTS) is 1. The molecular weight excluding hydrogens is 266 g/mol. The first-order valence-electron chi connectivity index (χ1n) is 4.74. The number of carboxylic acids is 1. The molecule has 0 unspecified atom stereocenters. The van der Waals surface area contributed by atoms with Gasteiger partial charge in [0.25, 0.3) is 0 Å². The van der Waals surface area contributed by atoms with Crippen LogP contribution in [0, 0.1) is 0 Å². The number of aromatic nitrogens is 1. The first kappa shape index (κ1) is 11.9. The summed E-state index contributed by atoms with van der Waals surface area (Å²) in [5, 5.41) is 8.93. The molecule has 0 saturated carbocycles. The van der Waals surface area contributed by atoms with E-state index < -0.39 is 5.97 Å². The van der Waals surface area contributed by atoms with Gasteiger partial charge in [0.1, 0.15) is 0 Å². The van der Waals surface area contributed by atoms with Crippen LogP contribution in [0.1, 0.15) is 17.4 Å². The normalized spacial score (nSPS) is 10.5. The van der Waals surface area contributed by atoms with Gasteiger partial charge in [0, 0.05) is 0 Å². The van der Waals surface area contributed by atoms with Gasteiger partial charge in [0.15, 0.2) is 0 Å². The fourth-order valence-corrected chi connectivity index (χ4v) is 2.17. The van der Waals surface area contributed by atoms with Crippen molar-refractivity contribution >= 4 is 28.9 Å². The summed E-state index contributed by atoms with van der Waals surface area (Å²) in [6, 6.07) is 3.40. The zero-order valence-electron chi connectivity index (χ0n) is 8.77. The Morgan fingerprint density at radius 2 is 2.41 bits per heavy atom. The molecule has 2 rings (SSSR count). The number of thiophene rings is 1. The minimum absolute atomic E-state index is 0.0838. The smallest absolute Gasteiger partial charge is 0.362 e. The van der Waals surface area contributed by atoms with E-state index in [-0.39, 0.29) is 17.5 Å². The van der Waals surface area contributed by atoms with E-state index in [1.54, 1.807) is 19.1 Å². The molecule has 0 fully saturated rings. The van der Waals surface area contributed by atoms with Crippen molar-refractivity contribution in [1.29, 1.82) is 0 Å². The number of oxazole rings is 1. The quantitative estimate of drug-likeness (QED) is 0.926. The lowest BCUT2D eigenvalue weighted by molar-refractivity contribution is 0.0683. The molecule has 0 aliphatic carbocycles. The summed E-state index contributed by atoms with van der Waals surface area (Å²) in [4.78, 5) is 15.4. The van der Waals surface area contributed by atoms with Crippen molar-refractivity contribution in [3.8, 4) is 16.7 Å². The van der Waals surface area contributed by atoms with E-state index in [1.165, 1.54) is 11.3 Å². The average molecular weight is 274 g/mol. The Labute approximate surface area is 106 Å². The van der Waals surface area contributed by atoms with E-state index in [4.69, 9.17) is 25.9 Å². The molecule has 2 aromatic rings. The number of ether oxygens (including phenoxy) is 1. The summed E-state index contributed by atoms with van der Waals surface area (Å²) in [7, 11) is 0. The van der Waals surface area contributed by atoms with Crippen molar-refractivity contribution < 1.29 is 19.1 Å². The number of aromatic carboxylic acids is 1. The Morgan fingerprint density at radius 1 is 1.65 bits per heavy atom. The van der Waals surface area contributed by atoms with Crippen molar-refractivity contribution in [2.24, 2.45) is 0 Å². The SMILES string of the molecule is CCOc1oc(-c2ccc(Cl)s2)nc1C(=O)O. The highest BCUT2D eigenvalue weighted by atomic mass is 35.5. The van der Waals surface area contributed by atoms with E-state index in [2.05, 4.69) is 4.98 Å². The summed E-state index contributed by atoms with van der Waals surface area (Å²) in [6.45, 7) is 2.04. The van der Waals surface area contributed by atoms with Crippen LogP contribution in [-0.4, -0.2) is 22.7 Å². The number of carbonyl (C=O) groups is 1. The van der Waals surface area contributed by atoms with Crippen LogP contribution in [0.3, 0.4) is 0 Å². The molecular formula is C10H8ClNO4S. The molecule has 7 heteroatoms. The van der Waals surface area contributed by atoms with Crippen LogP contribution in [-0.2, 0) is 0 Å². The van der Waals surface area contributed by atoms with Crippen LogP contribution in [0.4, 0.5) is 0 Å². The minimum atomic E-state index is -1.19. The van der Waals surface area contributed by atoms with Crippen LogP contribution >= 0.6 is 22.9 Å². The maximum absolute atomic E-state index is 10.9. The Kier molecular flexibility index (Phi) is 3.35. The fraction of sp³-hybridized carbons (Fsp3) is 0.200. The Bertz CT molecular complexity index is 548. The predicted octanol–water partition coefficient (Wildman–Crippen LogP) is 3.15. The molecule has 0 bridgehead atoms. The molecule has 0 aromatic carbocycles. The molecule has 0 amide bonds. The zero-order valence-corrected chi connectivity index (χ0v) is 10.3. The Hall–Kier alpha value is -1.53. The van der Waals surface area contributed by atoms with Crippen LogP contribution < -0.4 is 4.74 Å². The van der Waals surface area contributed by atoms with E-state index in [0.29, 0.717) is 15.8 Å². The second-order valence-corrected chi connectivity index (χ2v) is 4.71. The summed E-state index contributed by atoms with van der Waals surface area (Å²) in [5.74, 6) is -1.08.